The summed E-state index contributed by atoms with van der Waals surface area (Å²) in [6.07, 6.45) is 0.994. The SMILES string of the molecule is CCCn1c(=NC(=O)c2cccc3ccccc23)sc2cc(C)c(C)cc21. The summed E-state index contributed by atoms with van der Waals surface area (Å²) in [5.74, 6) is -0.184. The number of amides is 1. The summed E-state index contributed by atoms with van der Waals surface area (Å²) < 4.78 is 3.35. The molecule has 3 aromatic carbocycles. The van der Waals surface area contributed by atoms with Crippen LogP contribution in [0.2, 0.25) is 0 Å². The Labute approximate surface area is 162 Å². The van der Waals surface area contributed by atoms with Gasteiger partial charge in [-0.1, -0.05) is 54.7 Å². The van der Waals surface area contributed by atoms with E-state index >= 15 is 0 Å². The molecule has 0 unspecified atom stereocenters. The van der Waals surface area contributed by atoms with Crippen molar-refractivity contribution in [1.82, 2.24) is 4.57 Å². The fourth-order valence-electron chi connectivity index (χ4n) is 3.41. The topological polar surface area (TPSA) is 34.4 Å². The molecule has 4 aromatic rings. The molecule has 136 valence electrons. The highest BCUT2D eigenvalue weighted by Crippen LogP contribution is 2.23. The first-order valence-corrected chi connectivity index (χ1v) is 10.1. The van der Waals surface area contributed by atoms with E-state index in [1.807, 2.05) is 42.5 Å². The largest absolute Gasteiger partial charge is 0.316 e. The molecule has 0 fully saturated rings. The van der Waals surface area contributed by atoms with Gasteiger partial charge in [-0.3, -0.25) is 4.79 Å². The van der Waals surface area contributed by atoms with Crippen LogP contribution in [-0.4, -0.2) is 10.5 Å². The van der Waals surface area contributed by atoms with Crippen LogP contribution in [0.25, 0.3) is 21.0 Å². The summed E-state index contributed by atoms with van der Waals surface area (Å²) in [4.78, 5) is 18.3. The molecule has 0 radical (unpaired) electrons. The minimum atomic E-state index is -0.184. The Morgan fingerprint density at radius 3 is 2.59 bits per heavy atom. The maximum atomic E-state index is 13.0. The highest BCUT2D eigenvalue weighted by atomic mass is 32.1. The number of benzene rings is 3. The standard InChI is InChI=1S/C23H22N2OS/c1-4-12-25-20-13-15(2)16(3)14-21(20)27-23(25)24-22(26)19-11-7-9-17-8-5-6-10-18(17)19/h5-11,13-14H,4,12H2,1-3H3. The number of aromatic nitrogens is 1. The van der Waals surface area contributed by atoms with E-state index in [2.05, 4.69) is 42.5 Å². The van der Waals surface area contributed by atoms with E-state index in [0.717, 1.165) is 34.1 Å². The Morgan fingerprint density at radius 2 is 1.78 bits per heavy atom. The first-order chi connectivity index (χ1) is 13.1. The third-order valence-electron chi connectivity index (χ3n) is 4.96. The van der Waals surface area contributed by atoms with Crippen molar-refractivity contribution in [3.63, 3.8) is 0 Å². The van der Waals surface area contributed by atoms with Crippen LogP contribution in [0.3, 0.4) is 0 Å². The fourth-order valence-corrected chi connectivity index (χ4v) is 4.54. The van der Waals surface area contributed by atoms with Gasteiger partial charge in [0.15, 0.2) is 4.80 Å². The quantitative estimate of drug-likeness (QED) is 0.458. The Morgan fingerprint density at radius 1 is 1.04 bits per heavy atom. The molecule has 27 heavy (non-hydrogen) atoms. The van der Waals surface area contributed by atoms with Crippen molar-refractivity contribution in [2.75, 3.05) is 0 Å². The van der Waals surface area contributed by atoms with Crippen LogP contribution >= 0.6 is 11.3 Å². The van der Waals surface area contributed by atoms with Crippen molar-refractivity contribution in [2.24, 2.45) is 4.99 Å². The summed E-state index contributed by atoms with van der Waals surface area (Å²) in [6.45, 7) is 7.25. The van der Waals surface area contributed by atoms with E-state index in [0.29, 0.717) is 5.56 Å². The molecule has 1 heterocycles. The maximum absolute atomic E-state index is 13.0. The molecule has 0 aliphatic carbocycles. The molecule has 0 spiro atoms. The van der Waals surface area contributed by atoms with Crippen LogP contribution in [0.1, 0.15) is 34.8 Å². The Kier molecular flexibility index (Phi) is 4.66. The normalized spacial score (nSPS) is 12.2. The third kappa shape index (κ3) is 3.21. The van der Waals surface area contributed by atoms with Crippen LogP contribution in [-0.2, 0) is 6.54 Å². The Hall–Kier alpha value is -2.72. The van der Waals surface area contributed by atoms with Crippen LogP contribution < -0.4 is 4.80 Å². The lowest BCUT2D eigenvalue weighted by molar-refractivity contribution is 0.0999. The van der Waals surface area contributed by atoms with Crippen molar-refractivity contribution in [1.29, 1.82) is 0 Å². The predicted octanol–water partition coefficient (Wildman–Crippen LogP) is 5.62. The lowest BCUT2D eigenvalue weighted by Crippen LogP contribution is -2.17. The molecule has 0 saturated heterocycles. The zero-order valence-corrected chi connectivity index (χ0v) is 16.6. The van der Waals surface area contributed by atoms with E-state index in [4.69, 9.17) is 0 Å². The van der Waals surface area contributed by atoms with E-state index in [-0.39, 0.29) is 5.91 Å². The summed E-state index contributed by atoms with van der Waals surface area (Å²) >= 11 is 1.59. The van der Waals surface area contributed by atoms with Gasteiger partial charge in [0.05, 0.1) is 10.2 Å². The molecule has 1 amide bonds. The molecule has 0 atom stereocenters. The molecule has 0 aliphatic heterocycles. The van der Waals surface area contributed by atoms with E-state index in [1.165, 1.54) is 15.8 Å². The first kappa shape index (κ1) is 17.7. The fraction of sp³-hybridized carbons (Fsp3) is 0.217. The number of fused-ring (bicyclic) bond motifs is 2. The van der Waals surface area contributed by atoms with Gasteiger partial charge in [-0.2, -0.15) is 4.99 Å². The van der Waals surface area contributed by atoms with Gasteiger partial charge in [0.2, 0.25) is 0 Å². The molecule has 0 N–H and O–H groups in total. The van der Waals surface area contributed by atoms with Crippen LogP contribution in [0.5, 0.6) is 0 Å². The van der Waals surface area contributed by atoms with E-state index in [1.54, 1.807) is 11.3 Å². The van der Waals surface area contributed by atoms with Gasteiger partial charge < -0.3 is 4.57 Å². The van der Waals surface area contributed by atoms with Gasteiger partial charge in [0.1, 0.15) is 0 Å². The number of carbonyl (C=O) groups excluding carboxylic acids is 1. The Balaban J connectivity index is 1.91. The predicted molar refractivity (Wildman–Crippen MR) is 113 cm³/mol. The molecular formula is C23H22N2OS. The van der Waals surface area contributed by atoms with Gasteiger partial charge in [-0.25, -0.2) is 0 Å². The second kappa shape index (κ2) is 7.12. The van der Waals surface area contributed by atoms with Crippen LogP contribution in [0.15, 0.2) is 59.6 Å². The number of aryl methyl sites for hydroxylation is 3. The molecule has 3 nitrogen and oxygen atoms in total. The van der Waals surface area contributed by atoms with Gasteiger partial charge in [-0.05, 0) is 60.4 Å². The summed E-state index contributed by atoms with van der Waals surface area (Å²) in [7, 11) is 0. The summed E-state index contributed by atoms with van der Waals surface area (Å²) in [5, 5.41) is 2.01. The molecule has 0 saturated carbocycles. The highest BCUT2D eigenvalue weighted by Gasteiger charge is 2.12. The number of rotatable bonds is 3. The average molecular weight is 375 g/mol. The average Bonchev–Trinajstić information content (AvgIpc) is 2.98. The van der Waals surface area contributed by atoms with Gasteiger partial charge in [-0.15, -0.1) is 0 Å². The van der Waals surface area contributed by atoms with Gasteiger partial charge >= 0.3 is 0 Å². The smallest absolute Gasteiger partial charge is 0.280 e. The lowest BCUT2D eigenvalue weighted by atomic mass is 10.0. The summed E-state index contributed by atoms with van der Waals surface area (Å²) in [5.41, 5.74) is 4.34. The second-order valence-corrected chi connectivity index (χ2v) is 7.89. The lowest BCUT2D eigenvalue weighted by Gasteiger charge is -2.05. The van der Waals surface area contributed by atoms with Crippen molar-refractivity contribution in [2.45, 2.75) is 33.7 Å². The van der Waals surface area contributed by atoms with Gasteiger partial charge in [0.25, 0.3) is 5.91 Å². The van der Waals surface area contributed by atoms with Crippen molar-refractivity contribution < 1.29 is 4.79 Å². The second-order valence-electron chi connectivity index (χ2n) is 6.88. The van der Waals surface area contributed by atoms with Crippen LogP contribution in [0, 0.1) is 13.8 Å². The number of hydrogen-bond acceptors (Lipinski definition) is 2. The molecule has 0 aliphatic rings. The first-order valence-electron chi connectivity index (χ1n) is 9.26. The molecule has 4 rings (SSSR count). The molecular weight excluding hydrogens is 352 g/mol. The molecule has 1 aromatic heterocycles. The molecule has 0 bridgehead atoms. The summed E-state index contributed by atoms with van der Waals surface area (Å²) in [6, 6.07) is 18.2. The number of thiazole rings is 1. The minimum Gasteiger partial charge on any atom is -0.316 e. The van der Waals surface area contributed by atoms with Crippen LogP contribution in [0.4, 0.5) is 0 Å². The minimum absolute atomic E-state index is 0.184. The van der Waals surface area contributed by atoms with E-state index < -0.39 is 0 Å². The van der Waals surface area contributed by atoms with Crippen molar-refractivity contribution >= 4 is 38.2 Å². The molecule has 4 heteroatoms. The van der Waals surface area contributed by atoms with Crippen molar-refractivity contribution in [3.05, 3.63) is 76.1 Å². The zero-order chi connectivity index (χ0) is 19.0. The highest BCUT2D eigenvalue weighted by molar-refractivity contribution is 7.16. The van der Waals surface area contributed by atoms with Crippen molar-refractivity contribution in [3.8, 4) is 0 Å². The monoisotopic (exact) mass is 374 g/mol. The number of hydrogen-bond donors (Lipinski definition) is 0. The van der Waals surface area contributed by atoms with Gasteiger partial charge in [0, 0.05) is 12.1 Å². The maximum Gasteiger partial charge on any atom is 0.280 e. The Bertz CT molecular complexity index is 1230. The number of carbonyl (C=O) groups is 1. The van der Waals surface area contributed by atoms with E-state index in [9.17, 15) is 4.79 Å². The number of nitrogens with zero attached hydrogens (tertiary/aromatic N) is 2. The third-order valence-corrected chi connectivity index (χ3v) is 6.00. The zero-order valence-electron chi connectivity index (χ0n) is 15.8.